The molecule has 1 amide bonds. The van der Waals surface area contributed by atoms with Crippen molar-refractivity contribution in [2.75, 3.05) is 7.05 Å². The van der Waals surface area contributed by atoms with Crippen LogP contribution in [-0.4, -0.2) is 23.9 Å². The third-order valence-electron chi connectivity index (χ3n) is 3.88. The first-order valence-electron chi connectivity index (χ1n) is 6.76. The van der Waals surface area contributed by atoms with Crippen molar-refractivity contribution in [1.82, 2.24) is 4.90 Å². The molecule has 0 heterocycles. The molecule has 0 bridgehead atoms. The normalized spacial score (nSPS) is 15.6. The maximum Gasteiger partial charge on any atom is 0.240 e. The number of halogens is 2. The van der Waals surface area contributed by atoms with Gasteiger partial charge in [0.05, 0.1) is 12.1 Å². The van der Waals surface area contributed by atoms with E-state index in [0.29, 0.717) is 10.0 Å². The molecule has 0 fully saturated rings. The van der Waals surface area contributed by atoms with Crippen LogP contribution in [0.25, 0.3) is 0 Å². The Kier molecular flexibility index (Phi) is 6.31. The molecule has 0 aliphatic rings. The minimum Gasteiger partial charge on any atom is -0.338 e. The zero-order valence-corrected chi connectivity index (χ0v) is 13.9. The van der Waals surface area contributed by atoms with Gasteiger partial charge in [-0.1, -0.05) is 49.5 Å². The summed E-state index contributed by atoms with van der Waals surface area (Å²) in [5, 5.41) is 1.14. The van der Waals surface area contributed by atoms with Gasteiger partial charge in [0.1, 0.15) is 0 Å². The highest BCUT2D eigenvalue weighted by atomic mass is 35.5. The van der Waals surface area contributed by atoms with E-state index in [2.05, 4.69) is 0 Å². The number of hydrogen-bond donors (Lipinski definition) is 1. The lowest BCUT2D eigenvalue weighted by Gasteiger charge is -2.30. The molecule has 0 saturated heterocycles. The average Bonchev–Trinajstić information content (AvgIpc) is 2.43. The van der Waals surface area contributed by atoms with Crippen LogP contribution in [0.15, 0.2) is 18.2 Å². The number of rotatable bonds is 5. The van der Waals surface area contributed by atoms with Gasteiger partial charge in [-0.25, -0.2) is 0 Å². The summed E-state index contributed by atoms with van der Waals surface area (Å²) >= 11 is 12.1. The first-order chi connectivity index (χ1) is 9.29. The number of hydrogen-bond acceptors (Lipinski definition) is 2. The Balaban J connectivity index is 2.90. The van der Waals surface area contributed by atoms with Crippen LogP contribution in [0.2, 0.25) is 10.0 Å². The van der Waals surface area contributed by atoms with Crippen molar-refractivity contribution in [3.8, 4) is 0 Å². The molecule has 0 saturated carbocycles. The Bertz CT molecular complexity index is 479. The molecule has 3 nitrogen and oxygen atoms in total. The van der Waals surface area contributed by atoms with E-state index < -0.39 is 6.04 Å². The highest BCUT2D eigenvalue weighted by Gasteiger charge is 2.27. The van der Waals surface area contributed by atoms with Gasteiger partial charge >= 0.3 is 0 Å². The molecule has 20 heavy (non-hydrogen) atoms. The van der Waals surface area contributed by atoms with Crippen LogP contribution in [0, 0.1) is 5.92 Å². The van der Waals surface area contributed by atoms with Gasteiger partial charge in [0.25, 0.3) is 0 Å². The smallest absolute Gasteiger partial charge is 0.240 e. The summed E-state index contributed by atoms with van der Waals surface area (Å²) in [6.45, 7) is 5.93. The maximum absolute atomic E-state index is 12.4. The van der Waals surface area contributed by atoms with E-state index in [0.717, 1.165) is 12.0 Å². The van der Waals surface area contributed by atoms with Gasteiger partial charge in [-0.15, -0.1) is 0 Å². The highest BCUT2D eigenvalue weighted by molar-refractivity contribution is 6.35. The summed E-state index contributed by atoms with van der Waals surface area (Å²) in [6.07, 6.45) is 0.872. The van der Waals surface area contributed by atoms with Crippen LogP contribution in [0.5, 0.6) is 0 Å². The van der Waals surface area contributed by atoms with Gasteiger partial charge < -0.3 is 10.6 Å². The third-order valence-corrected chi connectivity index (χ3v) is 4.45. The molecule has 0 aromatic heterocycles. The monoisotopic (exact) mass is 316 g/mol. The molecule has 5 heteroatoms. The van der Waals surface area contributed by atoms with Gasteiger partial charge in [0.2, 0.25) is 5.91 Å². The third kappa shape index (κ3) is 3.87. The Hall–Kier alpha value is -0.770. The lowest BCUT2D eigenvalue weighted by Crippen LogP contribution is -2.46. The van der Waals surface area contributed by atoms with Crippen molar-refractivity contribution in [3.63, 3.8) is 0 Å². The number of carbonyl (C=O) groups excluding carboxylic acids is 1. The molecule has 2 N–H and O–H groups in total. The molecule has 0 radical (unpaired) electrons. The highest BCUT2D eigenvalue weighted by Crippen LogP contribution is 2.29. The van der Waals surface area contributed by atoms with Crippen LogP contribution in [0.4, 0.5) is 0 Å². The quantitative estimate of drug-likeness (QED) is 0.895. The summed E-state index contributed by atoms with van der Waals surface area (Å²) in [6, 6.07) is 4.66. The molecular weight excluding hydrogens is 295 g/mol. The predicted molar refractivity (Wildman–Crippen MR) is 85.1 cm³/mol. The number of nitrogens with zero attached hydrogens (tertiary/aromatic N) is 1. The summed E-state index contributed by atoms with van der Waals surface area (Å²) in [7, 11) is 1.75. The zero-order chi connectivity index (χ0) is 15.4. The van der Waals surface area contributed by atoms with E-state index in [4.69, 9.17) is 28.9 Å². The predicted octanol–water partition coefficient (Wildman–Crippen LogP) is 3.89. The van der Waals surface area contributed by atoms with Crippen LogP contribution in [0.3, 0.4) is 0 Å². The largest absolute Gasteiger partial charge is 0.338 e. The van der Waals surface area contributed by atoms with Crippen molar-refractivity contribution < 1.29 is 4.79 Å². The Labute approximate surface area is 131 Å². The Morgan fingerprint density at radius 1 is 1.35 bits per heavy atom. The standard InChI is InChI=1S/C15H22Cl2N2O/c1-5-9(2)14(18)15(20)19(4)10(3)12-7-6-11(16)8-13(12)17/h6-10,14H,5,18H2,1-4H3/t9-,10?,14-/m0/s1. The minimum absolute atomic E-state index is 0.0714. The van der Waals surface area contributed by atoms with Gasteiger partial charge in [-0.05, 0) is 30.5 Å². The fraction of sp³-hybridized carbons (Fsp3) is 0.533. The second kappa shape index (κ2) is 7.30. The summed E-state index contributed by atoms with van der Waals surface area (Å²) < 4.78 is 0. The summed E-state index contributed by atoms with van der Waals surface area (Å²) in [4.78, 5) is 14.0. The molecule has 0 aliphatic heterocycles. The maximum atomic E-state index is 12.4. The fourth-order valence-corrected chi connectivity index (χ4v) is 2.54. The minimum atomic E-state index is -0.487. The van der Waals surface area contributed by atoms with Gasteiger partial charge in [0, 0.05) is 17.1 Å². The molecule has 0 spiro atoms. The number of carbonyl (C=O) groups is 1. The number of nitrogens with two attached hydrogens (primary N) is 1. The molecule has 0 aliphatic carbocycles. The first-order valence-corrected chi connectivity index (χ1v) is 7.52. The second-order valence-corrected chi connectivity index (χ2v) is 6.05. The van der Waals surface area contributed by atoms with E-state index >= 15 is 0 Å². The average molecular weight is 317 g/mol. The van der Waals surface area contributed by atoms with Crippen LogP contribution in [-0.2, 0) is 4.79 Å². The lowest BCUT2D eigenvalue weighted by atomic mass is 9.97. The molecule has 1 aromatic carbocycles. The number of likely N-dealkylation sites (N-methyl/N-ethyl adjacent to an activating group) is 1. The molecule has 1 rings (SSSR count). The van der Waals surface area contributed by atoms with Crippen molar-refractivity contribution >= 4 is 29.1 Å². The molecular formula is C15H22Cl2N2O. The SMILES string of the molecule is CC[C@H](C)[C@H](N)C(=O)N(C)C(C)c1ccc(Cl)cc1Cl. The van der Waals surface area contributed by atoms with Gasteiger partial charge in [0.15, 0.2) is 0 Å². The Morgan fingerprint density at radius 2 is 1.95 bits per heavy atom. The number of amides is 1. The van der Waals surface area contributed by atoms with Crippen molar-refractivity contribution in [1.29, 1.82) is 0 Å². The fourth-order valence-electron chi connectivity index (χ4n) is 1.97. The molecule has 1 aromatic rings. The van der Waals surface area contributed by atoms with E-state index in [9.17, 15) is 4.79 Å². The van der Waals surface area contributed by atoms with Crippen molar-refractivity contribution in [2.24, 2.45) is 11.7 Å². The van der Waals surface area contributed by atoms with Crippen LogP contribution < -0.4 is 5.73 Å². The second-order valence-electron chi connectivity index (χ2n) is 5.20. The first kappa shape index (κ1) is 17.3. The summed E-state index contributed by atoms with van der Waals surface area (Å²) in [5.41, 5.74) is 6.87. The van der Waals surface area contributed by atoms with E-state index in [1.807, 2.05) is 26.8 Å². The Morgan fingerprint density at radius 3 is 2.45 bits per heavy atom. The van der Waals surface area contributed by atoms with Gasteiger partial charge in [-0.3, -0.25) is 4.79 Å². The topological polar surface area (TPSA) is 46.3 Å². The van der Waals surface area contributed by atoms with E-state index in [1.54, 1.807) is 24.1 Å². The lowest BCUT2D eigenvalue weighted by molar-refractivity contribution is -0.134. The van der Waals surface area contributed by atoms with Crippen molar-refractivity contribution in [3.05, 3.63) is 33.8 Å². The van der Waals surface area contributed by atoms with Gasteiger partial charge in [-0.2, -0.15) is 0 Å². The number of benzene rings is 1. The van der Waals surface area contributed by atoms with E-state index in [1.165, 1.54) is 0 Å². The molecule has 1 unspecified atom stereocenters. The summed E-state index contributed by atoms with van der Waals surface area (Å²) in [5.74, 6) is 0.0794. The van der Waals surface area contributed by atoms with Crippen LogP contribution in [0.1, 0.15) is 38.8 Å². The van der Waals surface area contributed by atoms with E-state index in [-0.39, 0.29) is 17.9 Å². The van der Waals surface area contributed by atoms with Crippen LogP contribution >= 0.6 is 23.2 Å². The zero-order valence-electron chi connectivity index (χ0n) is 12.4. The molecule has 3 atom stereocenters. The molecule has 112 valence electrons. The van der Waals surface area contributed by atoms with Crippen molar-refractivity contribution in [2.45, 2.75) is 39.3 Å².